The fraction of sp³-hybridized carbons (Fsp3) is 0.314. The smallest absolute Gasteiger partial charge is 0.266 e. The van der Waals surface area contributed by atoms with E-state index in [1.54, 1.807) is 12.1 Å². The Bertz CT molecular complexity index is 1910. The van der Waals surface area contributed by atoms with Gasteiger partial charge in [-0.1, -0.05) is 43.9 Å². The van der Waals surface area contributed by atoms with E-state index in [9.17, 15) is 24.0 Å². The van der Waals surface area contributed by atoms with Crippen molar-refractivity contribution >= 4 is 40.0 Å². The molecule has 2 heterocycles. The maximum absolute atomic E-state index is 13.6. The van der Waals surface area contributed by atoms with Crippen molar-refractivity contribution in [3.63, 3.8) is 0 Å². The molecule has 1 aromatic heterocycles. The zero-order valence-electron chi connectivity index (χ0n) is 23.5. The van der Waals surface area contributed by atoms with Crippen LogP contribution in [0.5, 0.6) is 0 Å². The lowest BCUT2D eigenvalue weighted by Crippen LogP contribution is -2.29. The van der Waals surface area contributed by atoms with Crippen LogP contribution < -0.4 is 10.5 Å². The Hall–Kier alpha value is -4.72. The van der Waals surface area contributed by atoms with Gasteiger partial charge < -0.3 is 4.98 Å². The van der Waals surface area contributed by atoms with Crippen LogP contribution in [0.4, 0.5) is 5.69 Å². The van der Waals surface area contributed by atoms with Crippen molar-refractivity contribution in [3.8, 4) is 0 Å². The topological polar surface area (TPSA) is 117 Å². The summed E-state index contributed by atoms with van der Waals surface area (Å²) in [6.45, 7) is 0. The van der Waals surface area contributed by atoms with E-state index in [0.29, 0.717) is 28.4 Å². The van der Waals surface area contributed by atoms with Crippen molar-refractivity contribution < 1.29 is 19.2 Å². The molecule has 0 saturated heterocycles. The van der Waals surface area contributed by atoms with Gasteiger partial charge in [0.05, 0.1) is 27.7 Å². The molecule has 8 rings (SSSR count). The van der Waals surface area contributed by atoms with Crippen molar-refractivity contribution in [1.82, 2.24) is 9.97 Å². The summed E-state index contributed by atoms with van der Waals surface area (Å²) in [5.41, 5.74) is 3.03. The molecule has 0 radical (unpaired) electrons. The van der Waals surface area contributed by atoms with E-state index >= 15 is 0 Å². The number of H-pyrrole nitrogens is 1. The van der Waals surface area contributed by atoms with E-state index in [2.05, 4.69) is 9.97 Å². The molecule has 3 aromatic carbocycles. The number of imide groups is 1. The number of aromatic nitrogens is 2. The standard InChI is InChI=1S/C35H29N3O5/c39-30-23-16-25-26(35(43)38(34(25)42)22-11-5-10-20(14-22)18-6-1-2-7-18)17-24(23)31(40)29(30)32-36-28-13-12-21(19-8-3-4-9-19)15-27(28)33(41)37-32/h5,10-19,29H,1-4,6-9H2,(H,36,37,41). The fourth-order valence-electron chi connectivity index (χ4n) is 7.61. The van der Waals surface area contributed by atoms with Gasteiger partial charge in [-0.15, -0.1) is 0 Å². The van der Waals surface area contributed by atoms with Crippen LogP contribution in [0.1, 0.15) is 128 Å². The molecule has 3 aliphatic carbocycles. The van der Waals surface area contributed by atoms with Crippen molar-refractivity contribution in [1.29, 1.82) is 0 Å². The average molecular weight is 572 g/mol. The number of hydrogen-bond donors (Lipinski definition) is 1. The zero-order chi connectivity index (χ0) is 29.4. The summed E-state index contributed by atoms with van der Waals surface area (Å²) in [4.78, 5) is 75.8. The lowest BCUT2D eigenvalue weighted by atomic mass is 9.96. The summed E-state index contributed by atoms with van der Waals surface area (Å²) in [7, 11) is 0. The summed E-state index contributed by atoms with van der Waals surface area (Å²) < 4.78 is 0. The number of benzene rings is 3. The number of nitrogens with zero attached hydrogens (tertiary/aromatic N) is 2. The minimum Gasteiger partial charge on any atom is -0.309 e. The molecule has 214 valence electrons. The number of hydrogen-bond acceptors (Lipinski definition) is 6. The number of anilines is 1. The number of amides is 2. The van der Waals surface area contributed by atoms with Crippen LogP contribution >= 0.6 is 0 Å². The number of ketones is 2. The van der Waals surface area contributed by atoms with Crippen LogP contribution in [0.25, 0.3) is 10.9 Å². The van der Waals surface area contributed by atoms with E-state index in [1.807, 2.05) is 30.3 Å². The van der Waals surface area contributed by atoms with Gasteiger partial charge in [0, 0.05) is 11.1 Å². The number of carbonyl (C=O) groups is 4. The van der Waals surface area contributed by atoms with E-state index in [0.717, 1.165) is 41.7 Å². The van der Waals surface area contributed by atoms with Gasteiger partial charge in [0.2, 0.25) is 0 Å². The van der Waals surface area contributed by atoms with Gasteiger partial charge in [0.15, 0.2) is 11.6 Å². The summed E-state index contributed by atoms with van der Waals surface area (Å²) in [6.07, 6.45) is 9.05. The molecule has 43 heavy (non-hydrogen) atoms. The number of fused-ring (bicyclic) bond motifs is 3. The molecule has 1 aliphatic heterocycles. The normalized spacial score (nSPS) is 19.3. The van der Waals surface area contributed by atoms with Crippen LogP contribution in [0, 0.1) is 0 Å². The highest BCUT2D eigenvalue weighted by atomic mass is 16.2. The van der Waals surface area contributed by atoms with Gasteiger partial charge >= 0.3 is 0 Å². The first-order chi connectivity index (χ1) is 20.9. The van der Waals surface area contributed by atoms with E-state index < -0.39 is 34.9 Å². The van der Waals surface area contributed by atoms with Crippen molar-refractivity contribution in [2.75, 3.05) is 4.90 Å². The highest BCUT2D eigenvalue weighted by molar-refractivity contribution is 6.37. The highest BCUT2D eigenvalue weighted by Crippen LogP contribution is 2.40. The molecule has 0 atom stereocenters. The second-order valence-electron chi connectivity index (χ2n) is 12.3. The molecule has 2 amide bonds. The molecular weight excluding hydrogens is 542 g/mol. The highest BCUT2D eigenvalue weighted by Gasteiger charge is 2.46. The van der Waals surface area contributed by atoms with E-state index in [-0.39, 0.29) is 28.1 Å². The van der Waals surface area contributed by atoms with Crippen LogP contribution in [-0.4, -0.2) is 33.3 Å². The number of Topliss-reactive ketones (excluding diaryl/α,β-unsaturated/α-hetero) is 2. The largest absolute Gasteiger partial charge is 0.309 e. The fourth-order valence-corrected chi connectivity index (χ4v) is 7.61. The van der Waals surface area contributed by atoms with Gasteiger partial charge in [-0.2, -0.15) is 0 Å². The summed E-state index contributed by atoms with van der Waals surface area (Å²) in [6, 6.07) is 15.9. The van der Waals surface area contributed by atoms with Gasteiger partial charge in [0.25, 0.3) is 17.4 Å². The third kappa shape index (κ3) is 3.96. The second-order valence-corrected chi connectivity index (χ2v) is 12.3. The lowest BCUT2D eigenvalue weighted by Gasteiger charge is -2.17. The molecule has 4 aliphatic rings. The van der Waals surface area contributed by atoms with Crippen molar-refractivity contribution in [2.45, 2.75) is 69.1 Å². The Balaban J connectivity index is 1.12. The molecular formula is C35H29N3O5. The Morgan fingerprint density at radius 3 is 1.84 bits per heavy atom. The lowest BCUT2D eigenvalue weighted by molar-refractivity contribution is 0.0882. The zero-order valence-corrected chi connectivity index (χ0v) is 23.5. The minimum absolute atomic E-state index is 0.0273. The van der Waals surface area contributed by atoms with E-state index in [4.69, 9.17) is 0 Å². The summed E-state index contributed by atoms with van der Waals surface area (Å²) in [5.74, 6) is -2.67. The molecule has 8 heteroatoms. The quantitative estimate of drug-likeness (QED) is 0.230. The molecule has 2 fully saturated rings. The molecule has 4 aromatic rings. The first-order valence-corrected chi connectivity index (χ1v) is 15.2. The monoisotopic (exact) mass is 571 g/mol. The maximum Gasteiger partial charge on any atom is 0.266 e. The van der Waals surface area contributed by atoms with Crippen LogP contribution in [-0.2, 0) is 0 Å². The Kier molecular flexibility index (Phi) is 5.83. The van der Waals surface area contributed by atoms with Crippen LogP contribution in [0.3, 0.4) is 0 Å². The predicted molar refractivity (Wildman–Crippen MR) is 160 cm³/mol. The first kappa shape index (κ1) is 25.9. The van der Waals surface area contributed by atoms with Gasteiger partial charge in [-0.25, -0.2) is 9.88 Å². The maximum atomic E-state index is 13.6. The van der Waals surface area contributed by atoms with Gasteiger partial charge in [-0.05, 0) is 85.0 Å². The number of nitrogens with one attached hydrogen (secondary N) is 1. The van der Waals surface area contributed by atoms with Gasteiger partial charge in [-0.3, -0.25) is 24.0 Å². The predicted octanol–water partition coefficient (Wildman–Crippen LogP) is 6.20. The molecule has 2 saturated carbocycles. The van der Waals surface area contributed by atoms with Crippen LogP contribution in [0.15, 0.2) is 59.4 Å². The SMILES string of the molecule is O=C1c2cc3c(cc2C(=O)C1c1nc2ccc(C4CCCC4)cc2c(=O)[nH]1)C(=O)N(c1cccc(C2CCCC2)c1)C3=O. The number of aromatic amines is 1. The third-order valence-electron chi connectivity index (χ3n) is 9.88. The summed E-state index contributed by atoms with van der Waals surface area (Å²) in [5, 5.41) is 0.427. The van der Waals surface area contributed by atoms with Crippen LogP contribution in [0.2, 0.25) is 0 Å². The Labute approximate surface area is 247 Å². The van der Waals surface area contributed by atoms with Crippen molar-refractivity contribution in [2.24, 2.45) is 0 Å². The van der Waals surface area contributed by atoms with E-state index in [1.165, 1.54) is 37.8 Å². The molecule has 0 spiro atoms. The number of rotatable bonds is 4. The average Bonchev–Trinajstić information content (AvgIpc) is 3.82. The molecule has 0 unspecified atom stereocenters. The third-order valence-corrected chi connectivity index (χ3v) is 9.88. The van der Waals surface area contributed by atoms with Crippen molar-refractivity contribution in [3.05, 3.63) is 104 Å². The number of carbonyl (C=O) groups excluding carboxylic acids is 4. The minimum atomic E-state index is -1.34. The molecule has 1 N–H and O–H groups in total. The Morgan fingerprint density at radius 2 is 1.23 bits per heavy atom. The molecule has 0 bridgehead atoms. The second kappa shape index (κ2) is 9.66. The molecule has 8 nitrogen and oxygen atoms in total. The Morgan fingerprint density at radius 1 is 0.651 bits per heavy atom. The summed E-state index contributed by atoms with van der Waals surface area (Å²) >= 11 is 0. The van der Waals surface area contributed by atoms with Gasteiger partial charge in [0.1, 0.15) is 11.7 Å². The first-order valence-electron chi connectivity index (χ1n) is 15.2.